The second-order valence-electron chi connectivity index (χ2n) is 21.7. The van der Waals surface area contributed by atoms with Gasteiger partial charge >= 0.3 is 0 Å². The summed E-state index contributed by atoms with van der Waals surface area (Å²) in [6, 6.07) is -1.00. The number of aliphatic hydroxyl groups excluding tert-OH is 4. The van der Waals surface area contributed by atoms with Crippen molar-refractivity contribution in [3.8, 4) is 0 Å². The highest BCUT2D eigenvalue weighted by Gasteiger charge is 2.28. The van der Waals surface area contributed by atoms with Crippen LogP contribution in [0, 0.1) is 0 Å². The van der Waals surface area contributed by atoms with Gasteiger partial charge in [-0.1, -0.05) is 301 Å². The van der Waals surface area contributed by atoms with E-state index in [1.54, 1.807) is 0 Å². The lowest BCUT2D eigenvalue weighted by atomic mass is 10.00. The van der Waals surface area contributed by atoms with Crippen molar-refractivity contribution in [2.75, 3.05) is 6.61 Å². The summed E-state index contributed by atoms with van der Waals surface area (Å²) in [4.78, 5) is 12.6. The second kappa shape index (κ2) is 57.7. The van der Waals surface area contributed by atoms with Crippen LogP contribution in [0.1, 0.15) is 341 Å². The van der Waals surface area contributed by atoms with Crippen molar-refractivity contribution in [1.82, 2.24) is 5.32 Å². The molecule has 0 rings (SSSR count). The number of hydrogen-bond donors (Lipinski definition) is 5. The summed E-state index contributed by atoms with van der Waals surface area (Å²) in [6.45, 7) is 4.09. The van der Waals surface area contributed by atoms with Crippen molar-refractivity contribution in [2.24, 2.45) is 0 Å². The zero-order valence-electron chi connectivity index (χ0n) is 46.6. The van der Waals surface area contributed by atoms with Gasteiger partial charge in [0.05, 0.1) is 18.8 Å². The minimum Gasteiger partial charge on any atom is -0.394 e. The van der Waals surface area contributed by atoms with E-state index in [0.717, 1.165) is 38.5 Å². The van der Waals surface area contributed by atoms with E-state index in [9.17, 15) is 25.2 Å². The Morgan fingerprint density at radius 2 is 0.594 bits per heavy atom. The third-order valence-electron chi connectivity index (χ3n) is 14.9. The molecule has 0 saturated heterocycles. The fourth-order valence-electron chi connectivity index (χ4n) is 9.99. The Morgan fingerprint density at radius 1 is 0.348 bits per heavy atom. The zero-order chi connectivity index (χ0) is 50.2. The maximum absolute atomic E-state index is 12.6. The summed E-state index contributed by atoms with van der Waals surface area (Å²) in [7, 11) is 0. The number of carbonyl (C=O) groups is 1. The number of nitrogens with one attached hydrogen (secondary N) is 1. The van der Waals surface area contributed by atoms with Gasteiger partial charge in [-0.15, -0.1) is 0 Å². The van der Waals surface area contributed by atoms with Crippen LogP contribution in [0.25, 0.3) is 0 Å². The molecule has 0 aliphatic carbocycles. The van der Waals surface area contributed by atoms with Gasteiger partial charge in [-0.25, -0.2) is 0 Å². The summed E-state index contributed by atoms with van der Waals surface area (Å²) in [5.74, 6) is -0.589. The third kappa shape index (κ3) is 51.5. The Labute approximate surface area is 431 Å². The molecule has 0 saturated carbocycles. The molecule has 0 aromatic carbocycles. The Hall–Kier alpha value is -1.21. The highest BCUT2D eigenvalue weighted by atomic mass is 16.3. The van der Waals surface area contributed by atoms with Gasteiger partial charge in [0.25, 0.3) is 0 Å². The molecular weight excluding hydrogens is 851 g/mol. The van der Waals surface area contributed by atoms with Crippen LogP contribution in [0.3, 0.4) is 0 Å². The van der Waals surface area contributed by atoms with Crippen LogP contribution in [-0.2, 0) is 4.79 Å². The van der Waals surface area contributed by atoms with E-state index in [2.05, 4.69) is 43.5 Å². The van der Waals surface area contributed by atoms with Gasteiger partial charge in [-0.3, -0.25) is 4.79 Å². The summed E-state index contributed by atoms with van der Waals surface area (Å²) in [5.41, 5.74) is 0. The van der Waals surface area contributed by atoms with Crippen molar-refractivity contribution in [3.63, 3.8) is 0 Å². The van der Waals surface area contributed by atoms with E-state index < -0.39 is 36.9 Å². The third-order valence-corrected chi connectivity index (χ3v) is 14.9. The predicted molar refractivity (Wildman–Crippen MR) is 302 cm³/mol. The lowest BCUT2D eigenvalue weighted by Crippen LogP contribution is -2.53. The summed E-state index contributed by atoms with van der Waals surface area (Å²) in [5, 5.41) is 44.1. The molecule has 6 nitrogen and oxygen atoms in total. The van der Waals surface area contributed by atoms with Gasteiger partial charge in [-0.2, -0.15) is 0 Å². The van der Waals surface area contributed by atoms with E-state index in [-0.39, 0.29) is 0 Å². The molecule has 0 aliphatic rings. The second-order valence-corrected chi connectivity index (χ2v) is 21.7. The van der Waals surface area contributed by atoms with Crippen molar-refractivity contribution in [2.45, 2.75) is 366 Å². The molecule has 0 spiro atoms. The molecule has 0 radical (unpaired) electrons. The van der Waals surface area contributed by atoms with Gasteiger partial charge in [0.15, 0.2) is 0 Å². The van der Waals surface area contributed by atoms with Gasteiger partial charge < -0.3 is 25.7 Å². The van der Waals surface area contributed by atoms with E-state index in [4.69, 9.17) is 0 Å². The van der Waals surface area contributed by atoms with Crippen molar-refractivity contribution < 1.29 is 25.2 Å². The first kappa shape index (κ1) is 67.8. The number of aliphatic hydroxyl groups is 4. The summed E-state index contributed by atoms with van der Waals surface area (Å²) in [6.07, 6.45) is 71.3. The number of carbonyl (C=O) groups excluding carboxylic acids is 1. The molecule has 0 bridgehead atoms. The zero-order valence-corrected chi connectivity index (χ0v) is 46.6. The molecule has 5 N–H and O–H groups in total. The molecule has 4 atom stereocenters. The minimum absolute atomic E-state index is 0.363. The highest BCUT2D eigenvalue weighted by molar-refractivity contribution is 5.80. The standard InChI is InChI=1S/C63H123NO5/c1-3-5-7-9-11-13-15-17-19-21-23-25-27-29-31-33-34-36-38-40-42-44-46-48-50-52-54-56-60(66)62(68)59(58-65)64-63(69)61(67)57-55-53-51-49-47-45-43-41-39-37-35-32-30-28-26-24-22-20-18-16-14-12-10-8-6-4-2/h30,32,48,50,59-62,65-68H,3-29,31,33-47,49,51-58H2,1-2H3,(H,64,69)/b32-30-,50-48+. The van der Waals surface area contributed by atoms with Crippen LogP contribution in [0.4, 0.5) is 0 Å². The maximum Gasteiger partial charge on any atom is 0.249 e. The number of hydrogen-bond acceptors (Lipinski definition) is 5. The molecule has 69 heavy (non-hydrogen) atoms. The van der Waals surface area contributed by atoms with Crippen LogP contribution in [0.5, 0.6) is 0 Å². The fourth-order valence-corrected chi connectivity index (χ4v) is 9.99. The Kier molecular flexibility index (Phi) is 56.7. The molecule has 1 amide bonds. The highest BCUT2D eigenvalue weighted by Crippen LogP contribution is 2.18. The van der Waals surface area contributed by atoms with Crippen LogP contribution < -0.4 is 5.32 Å². The van der Waals surface area contributed by atoms with Crippen LogP contribution in [0.2, 0.25) is 0 Å². The quantitative estimate of drug-likeness (QED) is 0.0308. The fraction of sp³-hybridized carbons (Fsp3) is 0.921. The maximum atomic E-state index is 12.6. The minimum atomic E-state index is -1.28. The Morgan fingerprint density at radius 3 is 0.870 bits per heavy atom. The molecule has 0 fully saturated rings. The van der Waals surface area contributed by atoms with Gasteiger partial charge in [0.2, 0.25) is 5.91 Å². The predicted octanol–water partition coefficient (Wildman–Crippen LogP) is 18.6. The molecule has 0 aliphatic heterocycles. The largest absolute Gasteiger partial charge is 0.394 e. The van der Waals surface area contributed by atoms with Crippen LogP contribution >= 0.6 is 0 Å². The summed E-state index contributed by atoms with van der Waals surface area (Å²) < 4.78 is 0. The summed E-state index contributed by atoms with van der Waals surface area (Å²) >= 11 is 0. The monoisotopic (exact) mass is 974 g/mol. The Bertz CT molecular complexity index is 1050. The lowest BCUT2D eigenvalue weighted by Gasteiger charge is -2.27. The Balaban J connectivity index is 3.61. The molecule has 0 aromatic heterocycles. The number of allylic oxidation sites excluding steroid dienone is 4. The molecular formula is C63H123NO5. The van der Waals surface area contributed by atoms with Crippen molar-refractivity contribution >= 4 is 5.91 Å². The SMILES string of the molecule is CCCCCCCCCCCCCC/C=C\CCCCCCCCCCCCC(O)C(=O)NC(CO)C(O)C(O)CCC/C=C/CCCCCCCCCCCCCCCCCCCCCCCC. The first-order valence-electron chi connectivity index (χ1n) is 31.2. The van der Waals surface area contributed by atoms with E-state index in [0.29, 0.717) is 12.8 Å². The molecule has 410 valence electrons. The normalized spacial score (nSPS) is 13.8. The number of amides is 1. The van der Waals surface area contributed by atoms with E-state index >= 15 is 0 Å². The molecule has 0 aromatic rings. The molecule has 0 heterocycles. The first-order chi connectivity index (χ1) is 34.0. The van der Waals surface area contributed by atoms with Crippen molar-refractivity contribution in [3.05, 3.63) is 24.3 Å². The first-order valence-corrected chi connectivity index (χ1v) is 31.2. The average molecular weight is 975 g/mol. The average Bonchev–Trinajstić information content (AvgIpc) is 3.35. The molecule has 4 unspecified atom stereocenters. The van der Waals surface area contributed by atoms with E-state index in [1.807, 2.05) is 0 Å². The smallest absolute Gasteiger partial charge is 0.249 e. The number of unbranched alkanes of at least 4 members (excludes halogenated alkanes) is 45. The topological polar surface area (TPSA) is 110 Å². The van der Waals surface area contributed by atoms with Crippen molar-refractivity contribution in [1.29, 1.82) is 0 Å². The van der Waals surface area contributed by atoms with Crippen LogP contribution in [-0.4, -0.2) is 57.3 Å². The van der Waals surface area contributed by atoms with Crippen LogP contribution in [0.15, 0.2) is 24.3 Å². The number of rotatable bonds is 58. The van der Waals surface area contributed by atoms with Gasteiger partial charge in [0.1, 0.15) is 12.2 Å². The van der Waals surface area contributed by atoms with E-state index in [1.165, 1.54) is 276 Å². The van der Waals surface area contributed by atoms with Gasteiger partial charge in [0, 0.05) is 0 Å². The lowest BCUT2D eigenvalue weighted by molar-refractivity contribution is -0.132. The van der Waals surface area contributed by atoms with Gasteiger partial charge in [-0.05, 0) is 64.2 Å². The molecule has 6 heteroatoms.